The molecule has 1 aliphatic heterocycles. The number of carbonyl (C=O) groups is 3. The van der Waals surface area contributed by atoms with Crippen LogP contribution in [0.2, 0.25) is 0 Å². The summed E-state index contributed by atoms with van der Waals surface area (Å²) >= 11 is 0. The van der Waals surface area contributed by atoms with Crippen LogP contribution in [-0.4, -0.2) is 39.1 Å². The second-order valence-corrected chi connectivity index (χ2v) is 5.58. The van der Waals surface area contributed by atoms with Gasteiger partial charge in [0.1, 0.15) is 5.92 Å². The Labute approximate surface area is 122 Å². The Balaban J connectivity index is 1.71. The van der Waals surface area contributed by atoms with E-state index in [0.717, 1.165) is 30.6 Å². The van der Waals surface area contributed by atoms with Crippen molar-refractivity contribution in [2.45, 2.75) is 32.2 Å². The molecule has 1 saturated carbocycles. The number of aromatic nitrogens is 2. The highest BCUT2D eigenvalue weighted by molar-refractivity contribution is 6.16. The summed E-state index contributed by atoms with van der Waals surface area (Å²) in [6.07, 6.45) is 7.26. The molecule has 112 valence electrons. The van der Waals surface area contributed by atoms with Gasteiger partial charge < -0.3 is 0 Å². The lowest BCUT2D eigenvalue weighted by Crippen LogP contribution is -2.59. The molecule has 1 saturated heterocycles. The van der Waals surface area contributed by atoms with Crippen LogP contribution in [0.3, 0.4) is 0 Å². The molecule has 7 heteroatoms. The molecule has 1 aromatic heterocycles. The fourth-order valence-electron chi connectivity index (χ4n) is 3.18. The standard InChI is InChI=1S/C14H18N4O3/c19-12-11(10-4-1-2-5-10)13(20)18(14(21)16-12)9-8-17-7-3-6-15-17/h3,6-7,10-11H,1-2,4-5,8-9H2,(H,16,19,21). The van der Waals surface area contributed by atoms with Crippen LogP contribution in [0.4, 0.5) is 4.79 Å². The fourth-order valence-corrected chi connectivity index (χ4v) is 3.18. The Kier molecular flexibility index (Phi) is 3.72. The Morgan fingerprint density at radius 3 is 2.62 bits per heavy atom. The first kappa shape index (κ1) is 13.8. The second kappa shape index (κ2) is 5.67. The lowest BCUT2D eigenvalue weighted by atomic mass is 9.87. The zero-order valence-corrected chi connectivity index (χ0v) is 11.7. The normalized spacial score (nSPS) is 23.7. The molecule has 1 unspecified atom stereocenters. The van der Waals surface area contributed by atoms with Crippen LogP contribution in [0.15, 0.2) is 18.5 Å². The Morgan fingerprint density at radius 1 is 1.19 bits per heavy atom. The number of amides is 4. The topological polar surface area (TPSA) is 84.3 Å². The van der Waals surface area contributed by atoms with Crippen molar-refractivity contribution in [2.75, 3.05) is 6.54 Å². The first-order valence-electron chi connectivity index (χ1n) is 7.30. The Bertz CT molecular complexity index is 549. The SMILES string of the molecule is O=C1NC(=O)N(CCn2cccn2)C(=O)C1C1CCCC1. The van der Waals surface area contributed by atoms with E-state index in [1.165, 1.54) is 0 Å². The number of imide groups is 2. The maximum Gasteiger partial charge on any atom is 0.330 e. The number of urea groups is 1. The summed E-state index contributed by atoms with van der Waals surface area (Å²) < 4.78 is 1.65. The molecule has 1 N–H and O–H groups in total. The van der Waals surface area contributed by atoms with Crippen molar-refractivity contribution in [3.05, 3.63) is 18.5 Å². The lowest BCUT2D eigenvalue weighted by molar-refractivity contribution is -0.145. The van der Waals surface area contributed by atoms with Gasteiger partial charge in [0.2, 0.25) is 11.8 Å². The molecule has 0 aromatic carbocycles. The highest BCUT2D eigenvalue weighted by atomic mass is 16.2. The molecule has 0 radical (unpaired) electrons. The molecule has 7 nitrogen and oxygen atoms in total. The van der Waals surface area contributed by atoms with Gasteiger partial charge in [0.05, 0.1) is 13.1 Å². The van der Waals surface area contributed by atoms with Crippen molar-refractivity contribution in [1.82, 2.24) is 20.0 Å². The van der Waals surface area contributed by atoms with Gasteiger partial charge in [0, 0.05) is 12.4 Å². The minimum atomic E-state index is -0.706. The summed E-state index contributed by atoms with van der Waals surface area (Å²) in [5, 5.41) is 6.36. The molecule has 2 heterocycles. The third-order valence-corrected chi connectivity index (χ3v) is 4.27. The van der Waals surface area contributed by atoms with Gasteiger partial charge in [-0.2, -0.15) is 5.10 Å². The molecule has 21 heavy (non-hydrogen) atoms. The molecule has 3 rings (SSSR count). The molecular weight excluding hydrogens is 272 g/mol. The first-order chi connectivity index (χ1) is 10.2. The van der Waals surface area contributed by atoms with Crippen molar-refractivity contribution in [3.8, 4) is 0 Å². The van der Waals surface area contributed by atoms with E-state index < -0.39 is 17.9 Å². The number of nitrogens with zero attached hydrogens (tertiary/aromatic N) is 3. The van der Waals surface area contributed by atoms with Crippen LogP contribution in [0.5, 0.6) is 0 Å². The Morgan fingerprint density at radius 2 is 1.95 bits per heavy atom. The minimum absolute atomic E-state index is 0.0674. The maximum absolute atomic E-state index is 12.5. The van der Waals surface area contributed by atoms with Crippen LogP contribution >= 0.6 is 0 Å². The van der Waals surface area contributed by atoms with Crippen molar-refractivity contribution in [1.29, 1.82) is 0 Å². The summed E-state index contributed by atoms with van der Waals surface area (Å²) in [5.74, 6) is -1.43. The summed E-state index contributed by atoms with van der Waals surface area (Å²) in [6, 6.07) is 1.16. The fraction of sp³-hybridized carbons (Fsp3) is 0.571. The van der Waals surface area contributed by atoms with Gasteiger partial charge in [-0.05, 0) is 24.8 Å². The average Bonchev–Trinajstić information content (AvgIpc) is 3.10. The van der Waals surface area contributed by atoms with E-state index in [4.69, 9.17) is 0 Å². The highest BCUT2D eigenvalue weighted by Gasteiger charge is 2.44. The molecule has 2 fully saturated rings. The minimum Gasteiger partial charge on any atom is -0.277 e. The summed E-state index contributed by atoms with van der Waals surface area (Å²) in [6.45, 7) is 0.653. The molecule has 1 aliphatic carbocycles. The molecule has 4 amide bonds. The van der Waals surface area contributed by atoms with E-state index in [2.05, 4.69) is 10.4 Å². The number of barbiturate groups is 1. The van der Waals surface area contributed by atoms with Gasteiger partial charge in [0.15, 0.2) is 0 Å². The number of hydrogen-bond donors (Lipinski definition) is 1. The monoisotopic (exact) mass is 290 g/mol. The van der Waals surface area contributed by atoms with Crippen molar-refractivity contribution < 1.29 is 14.4 Å². The van der Waals surface area contributed by atoms with Crippen molar-refractivity contribution in [2.24, 2.45) is 11.8 Å². The smallest absolute Gasteiger partial charge is 0.277 e. The second-order valence-electron chi connectivity index (χ2n) is 5.58. The van der Waals surface area contributed by atoms with Crippen LogP contribution in [0.25, 0.3) is 0 Å². The van der Waals surface area contributed by atoms with Gasteiger partial charge in [-0.3, -0.25) is 24.5 Å². The molecule has 1 atom stereocenters. The largest absolute Gasteiger partial charge is 0.330 e. The molecular formula is C14H18N4O3. The van der Waals surface area contributed by atoms with Crippen LogP contribution in [-0.2, 0) is 16.1 Å². The van der Waals surface area contributed by atoms with Crippen molar-refractivity contribution in [3.63, 3.8) is 0 Å². The first-order valence-corrected chi connectivity index (χ1v) is 7.30. The lowest BCUT2D eigenvalue weighted by Gasteiger charge is -2.32. The average molecular weight is 290 g/mol. The molecule has 0 bridgehead atoms. The van der Waals surface area contributed by atoms with Gasteiger partial charge in [-0.15, -0.1) is 0 Å². The van der Waals surface area contributed by atoms with Gasteiger partial charge in [-0.1, -0.05) is 12.8 Å². The summed E-state index contributed by atoms with van der Waals surface area (Å²) in [7, 11) is 0. The Hall–Kier alpha value is -2.18. The maximum atomic E-state index is 12.5. The third-order valence-electron chi connectivity index (χ3n) is 4.27. The van der Waals surface area contributed by atoms with Gasteiger partial charge in [0.25, 0.3) is 0 Å². The van der Waals surface area contributed by atoms with Crippen molar-refractivity contribution >= 4 is 17.8 Å². The van der Waals surface area contributed by atoms with E-state index >= 15 is 0 Å². The molecule has 2 aliphatic rings. The predicted octanol–water partition coefficient (Wildman–Crippen LogP) is 0.768. The quantitative estimate of drug-likeness (QED) is 0.830. The summed E-state index contributed by atoms with van der Waals surface area (Å²) in [4.78, 5) is 37.5. The third kappa shape index (κ3) is 2.68. The highest BCUT2D eigenvalue weighted by Crippen LogP contribution is 2.33. The molecule has 1 aromatic rings. The van der Waals surface area contributed by atoms with E-state index in [9.17, 15) is 14.4 Å². The predicted molar refractivity (Wildman–Crippen MR) is 72.9 cm³/mol. The molecule has 0 spiro atoms. The zero-order valence-electron chi connectivity index (χ0n) is 11.7. The summed E-state index contributed by atoms with van der Waals surface area (Å²) in [5.41, 5.74) is 0. The van der Waals surface area contributed by atoms with E-state index in [1.54, 1.807) is 23.1 Å². The van der Waals surface area contributed by atoms with Crippen LogP contribution in [0, 0.1) is 11.8 Å². The van der Waals surface area contributed by atoms with Gasteiger partial charge in [-0.25, -0.2) is 4.79 Å². The van der Waals surface area contributed by atoms with E-state index in [1.807, 2.05) is 0 Å². The van der Waals surface area contributed by atoms with E-state index in [0.29, 0.717) is 6.54 Å². The van der Waals surface area contributed by atoms with Crippen LogP contribution < -0.4 is 5.32 Å². The van der Waals surface area contributed by atoms with E-state index in [-0.39, 0.29) is 18.4 Å². The number of carbonyl (C=O) groups excluding carboxylic acids is 3. The zero-order chi connectivity index (χ0) is 14.8. The van der Waals surface area contributed by atoms with Gasteiger partial charge >= 0.3 is 6.03 Å². The number of nitrogens with one attached hydrogen (secondary N) is 1. The number of hydrogen-bond acceptors (Lipinski definition) is 4. The number of rotatable bonds is 4. The van der Waals surface area contributed by atoms with Crippen LogP contribution in [0.1, 0.15) is 25.7 Å².